The maximum absolute atomic E-state index is 12.6. The minimum atomic E-state index is -0.870. The molecule has 6 nitrogen and oxygen atoms in total. The van der Waals surface area contributed by atoms with Crippen molar-refractivity contribution in [1.29, 1.82) is 0 Å². The Balaban J connectivity index is 1.89. The van der Waals surface area contributed by atoms with E-state index < -0.39 is 17.9 Å². The predicted molar refractivity (Wildman–Crippen MR) is 91.4 cm³/mol. The zero-order valence-electron chi connectivity index (χ0n) is 14.5. The molecule has 1 aromatic rings. The molecule has 3 rings (SSSR count). The van der Waals surface area contributed by atoms with Crippen LogP contribution in [0.25, 0.3) is 0 Å². The van der Waals surface area contributed by atoms with E-state index in [0.717, 1.165) is 31.4 Å². The molecule has 0 radical (unpaired) electrons. The van der Waals surface area contributed by atoms with E-state index in [4.69, 9.17) is 9.47 Å². The van der Waals surface area contributed by atoms with Crippen molar-refractivity contribution in [2.45, 2.75) is 44.2 Å². The van der Waals surface area contributed by atoms with Crippen LogP contribution in [0, 0.1) is 5.92 Å². The van der Waals surface area contributed by atoms with E-state index in [-0.39, 0.29) is 18.4 Å². The smallest absolute Gasteiger partial charge is 0.308 e. The fourth-order valence-electron chi connectivity index (χ4n) is 3.93. The van der Waals surface area contributed by atoms with Crippen LogP contribution >= 0.6 is 0 Å². The number of ether oxygens (including phenoxy) is 2. The summed E-state index contributed by atoms with van der Waals surface area (Å²) in [4.78, 5) is 26.2. The van der Waals surface area contributed by atoms with Crippen LogP contribution in [0.5, 0.6) is 5.75 Å². The molecule has 1 amide bonds. The summed E-state index contributed by atoms with van der Waals surface area (Å²) < 4.78 is 11.1. The number of likely N-dealkylation sites (tertiary alicyclic amines) is 1. The van der Waals surface area contributed by atoms with Crippen molar-refractivity contribution >= 4 is 11.9 Å². The highest BCUT2D eigenvalue weighted by Gasteiger charge is 2.42. The largest absolute Gasteiger partial charge is 0.496 e. The Hall–Kier alpha value is -2.08. The van der Waals surface area contributed by atoms with Gasteiger partial charge in [0.25, 0.3) is 0 Å². The number of nitrogens with zero attached hydrogens (tertiary/aromatic N) is 1. The summed E-state index contributed by atoms with van der Waals surface area (Å²) in [6, 6.07) is 6.87. The maximum Gasteiger partial charge on any atom is 0.308 e. The number of methoxy groups -OCH3 is 1. The van der Waals surface area contributed by atoms with E-state index in [0.29, 0.717) is 18.7 Å². The summed E-state index contributed by atoms with van der Waals surface area (Å²) in [5.41, 5.74) is 0.762. The number of piperidine rings is 1. The first-order chi connectivity index (χ1) is 12.1. The number of aliphatic carboxylic acids is 1. The number of rotatable bonds is 6. The first-order valence-electron chi connectivity index (χ1n) is 8.88. The Morgan fingerprint density at radius 2 is 2.16 bits per heavy atom. The average Bonchev–Trinajstić information content (AvgIpc) is 3.13. The van der Waals surface area contributed by atoms with Gasteiger partial charge in [-0.05, 0) is 31.7 Å². The highest BCUT2D eigenvalue weighted by atomic mass is 16.5. The first-order valence-corrected chi connectivity index (χ1v) is 8.88. The summed E-state index contributed by atoms with van der Waals surface area (Å²) >= 11 is 0. The van der Waals surface area contributed by atoms with Gasteiger partial charge in [-0.15, -0.1) is 0 Å². The lowest BCUT2D eigenvalue weighted by Crippen LogP contribution is -2.46. The minimum Gasteiger partial charge on any atom is -0.496 e. The van der Waals surface area contributed by atoms with Gasteiger partial charge in [-0.25, -0.2) is 0 Å². The molecule has 1 aromatic carbocycles. The Kier molecular flexibility index (Phi) is 5.58. The molecule has 0 spiro atoms. The predicted octanol–water partition coefficient (Wildman–Crippen LogP) is 2.63. The van der Waals surface area contributed by atoms with Crippen LogP contribution in [0.15, 0.2) is 24.3 Å². The molecule has 25 heavy (non-hydrogen) atoms. The van der Waals surface area contributed by atoms with Crippen molar-refractivity contribution in [3.05, 3.63) is 29.8 Å². The molecule has 1 N–H and O–H groups in total. The summed E-state index contributed by atoms with van der Waals surface area (Å²) in [6.45, 7) is 1.28. The molecule has 2 aliphatic rings. The van der Waals surface area contributed by atoms with Crippen LogP contribution in [0.3, 0.4) is 0 Å². The molecule has 2 heterocycles. The number of benzene rings is 1. The van der Waals surface area contributed by atoms with Gasteiger partial charge in [-0.2, -0.15) is 0 Å². The third-order valence-corrected chi connectivity index (χ3v) is 5.20. The van der Waals surface area contributed by atoms with Gasteiger partial charge in [-0.3, -0.25) is 9.59 Å². The van der Waals surface area contributed by atoms with Gasteiger partial charge in [0.15, 0.2) is 0 Å². The van der Waals surface area contributed by atoms with Crippen molar-refractivity contribution < 1.29 is 24.2 Å². The van der Waals surface area contributed by atoms with Crippen molar-refractivity contribution in [1.82, 2.24) is 4.90 Å². The lowest BCUT2D eigenvalue weighted by atomic mass is 9.83. The average molecular weight is 347 g/mol. The normalized spacial score (nSPS) is 26.7. The van der Waals surface area contributed by atoms with Crippen molar-refractivity contribution in [3.8, 4) is 5.75 Å². The minimum absolute atomic E-state index is 0.00593. The second kappa shape index (κ2) is 7.87. The van der Waals surface area contributed by atoms with Gasteiger partial charge in [0, 0.05) is 25.1 Å². The molecule has 3 atom stereocenters. The molecule has 0 aromatic heterocycles. The second-order valence-corrected chi connectivity index (χ2v) is 6.68. The zero-order valence-corrected chi connectivity index (χ0v) is 14.5. The van der Waals surface area contributed by atoms with Crippen molar-refractivity contribution in [2.75, 3.05) is 20.3 Å². The highest BCUT2D eigenvalue weighted by Crippen LogP contribution is 2.41. The summed E-state index contributed by atoms with van der Waals surface area (Å²) in [6.07, 6.45) is 3.58. The number of carbonyl (C=O) groups excluding carboxylic acids is 1. The van der Waals surface area contributed by atoms with Gasteiger partial charge in [-0.1, -0.05) is 18.2 Å². The number of para-hydroxylation sites is 1. The molecule has 2 fully saturated rings. The van der Waals surface area contributed by atoms with Crippen LogP contribution in [0.1, 0.15) is 43.7 Å². The topological polar surface area (TPSA) is 76.1 Å². The van der Waals surface area contributed by atoms with Crippen LogP contribution in [-0.4, -0.2) is 48.2 Å². The van der Waals surface area contributed by atoms with Crippen molar-refractivity contribution in [3.63, 3.8) is 0 Å². The lowest BCUT2D eigenvalue weighted by molar-refractivity contribution is -0.152. The molecule has 6 heteroatoms. The van der Waals surface area contributed by atoms with Gasteiger partial charge in [0.05, 0.1) is 25.2 Å². The molecular formula is C19H25NO5. The second-order valence-electron chi connectivity index (χ2n) is 6.68. The molecule has 0 unspecified atom stereocenters. The summed E-state index contributed by atoms with van der Waals surface area (Å²) in [7, 11) is 1.57. The van der Waals surface area contributed by atoms with Crippen LogP contribution in [0.2, 0.25) is 0 Å². The van der Waals surface area contributed by atoms with Gasteiger partial charge >= 0.3 is 5.97 Å². The van der Waals surface area contributed by atoms with Crippen LogP contribution in [-0.2, 0) is 14.3 Å². The van der Waals surface area contributed by atoms with E-state index in [1.807, 2.05) is 24.3 Å². The first kappa shape index (κ1) is 17.7. The van der Waals surface area contributed by atoms with Crippen LogP contribution < -0.4 is 4.74 Å². The SMILES string of the molecule is COc1ccccc1[C@@H]1[C@@H](C(=O)O)CCC(=O)N1CC[C@H]1CCCO1. The quantitative estimate of drug-likeness (QED) is 0.856. The van der Waals surface area contributed by atoms with E-state index in [9.17, 15) is 14.7 Å². The molecule has 136 valence electrons. The third-order valence-electron chi connectivity index (χ3n) is 5.20. The van der Waals surface area contributed by atoms with Gasteiger partial charge < -0.3 is 19.5 Å². The van der Waals surface area contributed by atoms with Gasteiger partial charge in [0.1, 0.15) is 5.75 Å². The Morgan fingerprint density at radius 1 is 1.36 bits per heavy atom. The fourth-order valence-corrected chi connectivity index (χ4v) is 3.93. The lowest BCUT2D eigenvalue weighted by Gasteiger charge is -2.40. The monoisotopic (exact) mass is 347 g/mol. The van der Waals surface area contributed by atoms with E-state index in [2.05, 4.69) is 0 Å². The number of amides is 1. The number of hydrogen-bond acceptors (Lipinski definition) is 4. The number of carboxylic acids is 1. The van der Waals surface area contributed by atoms with E-state index in [1.54, 1.807) is 12.0 Å². The Bertz CT molecular complexity index is 626. The standard InChI is InChI=1S/C19H25NO5/c1-24-16-7-3-2-6-14(16)18-15(19(22)23)8-9-17(21)20(18)11-10-13-5-4-12-25-13/h2-3,6-7,13,15,18H,4-5,8-12H2,1H3,(H,22,23)/t13-,15+,18-/m1/s1. The maximum atomic E-state index is 12.6. The molecule has 0 aliphatic carbocycles. The molecule has 2 saturated heterocycles. The summed E-state index contributed by atoms with van der Waals surface area (Å²) in [5.74, 6) is -0.869. The molecule has 0 saturated carbocycles. The number of carboxylic acid groups (broad SMARTS) is 1. The van der Waals surface area contributed by atoms with E-state index >= 15 is 0 Å². The third kappa shape index (κ3) is 3.79. The summed E-state index contributed by atoms with van der Waals surface area (Å²) in [5, 5.41) is 9.71. The Labute approximate surface area is 147 Å². The van der Waals surface area contributed by atoms with E-state index in [1.165, 1.54) is 0 Å². The number of carbonyl (C=O) groups is 2. The van der Waals surface area contributed by atoms with Gasteiger partial charge in [0.2, 0.25) is 5.91 Å². The fraction of sp³-hybridized carbons (Fsp3) is 0.579. The Morgan fingerprint density at radius 3 is 2.84 bits per heavy atom. The molecule has 2 aliphatic heterocycles. The zero-order chi connectivity index (χ0) is 17.8. The number of hydrogen-bond donors (Lipinski definition) is 1. The van der Waals surface area contributed by atoms with Crippen LogP contribution in [0.4, 0.5) is 0 Å². The highest BCUT2D eigenvalue weighted by molar-refractivity contribution is 5.82. The van der Waals surface area contributed by atoms with Crippen molar-refractivity contribution in [2.24, 2.45) is 5.92 Å². The molecular weight excluding hydrogens is 322 g/mol. The molecule has 0 bridgehead atoms.